The molecule has 0 atom stereocenters. The Balaban J connectivity index is 2.71. The summed E-state index contributed by atoms with van der Waals surface area (Å²) in [5, 5.41) is 0. The Bertz CT molecular complexity index is 356. The zero-order valence-electron chi connectivity index (χ0n) is 11.7. The van der Waals surface area contributed by atoms with Crippen LogP contribution in [0.5, 0.6) is 5.75 Å². The zero-order chi connectivity index (χ0) is 12.8. The molecule has 0 heterocycles. The van der Waals surface area contributed by atoms with Gasteiger partial charge >= 0.3 is 0 Å². The van der Waals surface area contributed by atoms with Crippen LogP contribution in [0, 0.1) is 13.8 Å². The normalized spacial score (nSPS) is 10.9. The summed E-state index contributed by atoms with van der Waals surface area (Å²) in [5.41, 5.74) is 3.94. The fraction of sp³-hybridized carbons (Fsp3) is 0.600. The van der Waals surface area contributed by atoms with E-state index in [0.29, 0.717) is 5.92 Å². The number of benzene rings is 1. The number of rotatable bonds is 6. The first-order valence-electron chi connectivity index (χ1n) is 6.29. The Kier molecular flexibility index (Phi) is 5.49. The Morgan fingerprint density at radius 1 is 1.06 bits per heavy atom. The summed E-state index contributed by atoms with van der Waals surface area (Å²) in [6.07, 6.45) is 0.931. The van der Waals surface area contributed by atoms with Crippen LogP contribution in [-0.4, -0.2) is 20.3 Å². The second-order valence-corrected chi connectivity index (χ2v) is 4.82. The van der Waals surface area contributed by atoms with E-state index >= 15 is 0 Å². The minimum Gasteiger partial charge on any atom is -0.493 e. The standard InChI is InChI=1S/C15H24O2/c1-11(2)14-9-13(4)15(10-12(14)3)17-8-6-7-16-5/h9-11H,6-8H2,1-5H3. The van der Waals surface area contributed by atoms with E-state index in [4.69, 9.17) is 9.47 Å². The molecule has 0 unspecified atom stereocenters. The van der Waals surface area contributed by atoms with Gasteiger partial charge in [0.15, 0.2) is 0 Å². The van der Waals surface area contributed by atoms with E-state index in [1.807, 2.05) is 0 Å². The van der Waals surface area contributed by atoms with Crippen molar-refractivity contribution in [1.82, 2.24) is 0 Å². The minimum absolute atomic E-state index is 0.566. The van der Waals surface area contributed by atoms with Gasteiger partial charge in [-0.2, -0.15) is 0 Å². The molecule has 0 spiro atoms. The largest absolute Gasteiger partial charge is 0.493 e. The summed E-state index contributed by atoms with van der Waals surface area (Å²) >= 11 is 0. The summed E-state index contributed by atoms with van der Waals surface area (Å²) in [6, 6.07) is 4.39. The maximum atomic E-state index is 5.77. The Morgan fingerprint density at radius 3 is 2.35 bits per heavy atom. The Hall–Kier alpha value is -1.02. The lowest BCUT2D eigenvalue weighted by Gasteiger charge is -2.15. The van der Waals surface area contributed by atoms with Gasteiger partial charge in [0.2, 0.25) is 0 Å². The molecule has 96 valence electrons. The smallest absolute Gasteiger partial charge is 0.122 e. The van der Waals surface area contributed by atoms with Crippen LogP contribution in [0.4, 0.5) is 0 Å². The van der Waals surface area contributed by atoms with Gasteiger partial charge in [-0.05, 0) is 42.5 Å². The molecule has 0 bridgehead atoms. The van der Waals surface area contributed by atoms with Crippen molar-refractivity contribution in [2.45, 2.75) is 40.0 Å². The zero-order valence-corrected chi connectivity index (χ0v) is 11.7. The lowest BCUT2D eigenvalue weighted by atomic mass is 9.95. The van der Waals surface area contributed by atoms with Gasteiger partial charge in [0, 0.05) is 20.1 Å². The molecule has 0 aliphatic heterocycles. The van der Waals surface area contributed by atoms with Crippen LogP contribution in [0.25, 0.3) is 0 Å². The Labute approximate surface area is 105 Å². The molecular weight excluding hydrogens is 212 g/mol. The third kappa shape index (κ3) is 4.04. The van der Waals surface area contributed by atoms with Crippen LogP contribution in [-0.2, 0) is 4.74 Å². The van der Waals surface area contributed by atoms with Gasteiger partial charge in [-0.3, -0.25) is 0 Å². The molecule has 2 heteroatoms. The van der Waals surface area contributed by atoms with Gasteiger partial charge in [0.05, 0.1) is 6.61 Å². The van der Waals surface area contributed by atoms with Gasteiger partial charge in [0.1, 0.15) is 5.75 Å². The number of methoxy groups -OCH3 is 1. The predicted molar refractivity (Wildman–Crippen MR) is 72.0 cm³/mol. The highest BCUT2D eigenvalue weighted by molar-refractivity contribution is 5.42. The second kappa shape index (κ2) is 6.65. The monoisotopic (exact) mass is 236 g/mol. The molecule has 2 nitrogen and oxygen atoms in total. The molecule has 0 saturated heterocycles. The molecule has 0 fully saturated rings. The van der Waals surface area contributed by atoms with Crippen LogP contribution in [0.1, 0.15) is 42.9 Å². The topological polar surface area (TPSA) is 18.5 Å². The third-order valence-electron chi connectivity index (χ3n) is 2.94. The number of hydrogen-bond acceptors (Lipinski definition) is 2. The number of hydrogen-bond donors (Lipinski definition) is 0. The molecule has 0 aromatic heterocycles. The highest BCUT2D eigenvalue weighted by atomic mass is 16.5. The van der Waals surface area contributed by atoms with Crippen LogP contribution in [0.3, 0.4) is 0 Å². The van der Waals surface area contributed by atoms with Crippen molar-refractivity contribution >= 4 is 0 Å². The summed E-state index contributed by atoms with van der Waals surface area (Å²) in [5.74, 6) is 1.57. The average Bonchev–Trinajstić information content (AvgIpc) is 2.28. The Morgan fingerprint density at radius 2 is 1.76 bits per heavy atom. The molecule has 1 aromatic rings. The number of aryl methyl sites for hydroxylation is 2. The van der Waals surface area contributed by atoms with Crippen molar-refractivity contribution in [3.63, 3.8) is 0 Å². The molecule has 1 aromatic carbocycles. The van der Waals surface area contributed by atoms with Crippen molar-refractivity contribution in [2.75, 3.05) is 20.3 Å². The summed E-state index contributed by atoms with van der Waals surface area (Å²) in [6.45, 7) is 10.2. The molecule has 0 radical (unpaired) electrons. The molecule has 17 heavy (non-hydrogen) atoms. The van der Waals surface area contributed by atoms with Gasteiger partial charge in [0.25, 0.3) is 0 Å². The molecule has 0 aliphatic rings. The van der Waals surface area contributed by atoms with Gasteiger partial charge in [-0.1, -0.05) is 19.9 Å². The summed E-state index contributed by atoms with van der Waals surface area (Å²) in [4.78, 5) is 0. The van der Waals surface area contributed by atoms with E-state index in [1.54, 1.807) is 7.11 Å². The number of ether oxygens (including phenoxy) is 2. The maximum Gasteiger partial charge on any atom is 0.122 e. The van der Waals surface area contributed by atoms with E-state index in [9.17, 15) is 0 Å². The van der Waals surface area contributed by atoms with Crippen LogP contribution < -0.4 is 4.74 Å². The van der Waals surface area contributed by atoms with E-state index in [1.165, 1.54) is 16.7 Å². The first-order chi connectivity index (χ1) is 8.06. The van der Waals surface area contributed by atoms with E-state index in [-0.39, 0.29) is 0 Å². The van der Waals surface area contributed by atoms with Crippen molar-refractivity contribution in [1.29, 1.82) is 0 Å². The van der Waals surface area contributed by atoms with Crippen LogP contribution in [0.2, 0.25) is 0 Å². The summed E-state index contributed by atoms with van der Waals surface area (Å²) < 4.78 is 10.8. The minimum atomic E-state index is 0.566. The highest BCUT2D eigenvalue weighted by Gasteiger charge is 2.08. The lowest BCUT2D eigenvalue weighted by molar-refractivity contribution is 0.172. The molecule has 0 aliphatic carbocycles. The quantitative estimate of drug-likeness (QED) is 0.699. The van der Waals surface area contributed by atoms with E-state index < -0.39 is 0 Å². The highest BCUT2D eigenvalue weighted by Crippen LogP contribution is 2.27. The van der Waals surface area contributed by atoms with Gasteiger partial charge < -0.3 is 9.47 Å². The lowest BCUT2D eigenvalue weighted by Crippen LogP contribution is -2.03. The van der Waals surface area contributed by atoms with Crippen molar-refractivity contribution in [3.05, 3.63) is 28.8 Å². The van der Waals surface area contributed by atoms with E-state index in [2.05, 4.69) is 39.8 Å². The average molecular weight is 236 g/mol. The molecule has 0 N–H and O–H groups in total. The predicted octanol–water partition coefficient (Wildman–Crippen LogP) is 3.84. The van der Waals surface area contributed by atoms with Crippen molar-refractivity contribution in [2.24, 2.45) is 0 Å². The van der Waals surface area contributed by atoms with Crippen molar-refractivity contribution < 1.29 is 9.47 Å². The second-order valence-electron chi connectivity index (χ2n) is 4.82. The van der Waals surface area contributed by atoms with Crippen LogP contribution in [0.15, 0.2) is 12.1 Å². The van der Waals surface area contributed by atoms with Gasteiger partial charge in [-0.15, -0.1) is 0 Å². The third-order valence-corrected chi connectivity index (χ3v) is 2.94. The fourth-order valence-corrected chi connectivity index (χ4v) is 1.97. The van der Waals surface area contributed by atoms with Gasteiger partial charge in [-0.25, -0.2) is 0 Å². The van der Waals surface area contributed by atoms with Crippen LogP contribution >= 0.6 is 0 Å². The van der Waals surface area contributed by atoms with E-state index in [0.717, 1.165) is 25.4 Å². The molecule has 0 amide bonds. The molecule has 1 rings (SSSR count). The first kappa shape index (κ1) is 14.0. The molecule has 0 saturated carbocycles. The van der Waals surface area contributed by atoms with Crippen molar-refractivity contribution in [3.8, 4) is 5.75 Å². The first-order valence-corrected chi connectivity index (χ1v) is 6.29. The summed E-state index contributed by atoms with van der Waals surface area (Å²) in [7, 11) is 1.72. The SMILES string of the molecule is COCCCOc1cc(C)c(C(C)C)cc1C. The molecular formula is C15H24O2. The fourth-order valence-electron chi connectivity index (χ4n) is 1.97. The maximum absolute atomic E-state index is 5.77.